The molecule has 1 amide bonds. The number of rotatable bonds is 1. The highest BCUT2D eigenvalue weighted by atomic mass is 16.2. The molecule has 0 unspecified atom stereocenters. The maximum atomic E-state index is 12.1. The fourth-order valence-electron chi connectivity index (χ4n) is 2.40. The van der Waals surface area contributed by atoms with Gasteiger partial charge < -0.3 is 16.0 Å². The molecule has 0 atom stereocenters. The molecule has 0 radical (unpaired) electrons. The van der Waals surface area contributed by atoms with Crippen molar-refractivity contribution in [2.75, 3.05) is 26.2 Å². The molecule has 4 heteroatoms. The Bertz CT molecular complexity index is 217. The zero-order valence-corrected chi connectivity index (χ0v) is 8.59. The monoisotopic (exact) mass is 197 g/mol. The van der Waals surface area contributed by atoms with Gasteiger partial charge in [0.05, 0.1) is 5.54 Å². The van der Waals surface area contributed by atoms with Crippen LogP contribution in [0.5, 0.6) is 0 Å². The molecule has 2 fully saturated rings. The van der Waals surface area contributed by atoms with Crippen LogP contribution >= 0.6 is 0 Å². The normalized spacial score (nSPS) is 26.5. The number of hydrogen-bond acceptors (Lipinski definition) is 3. The second-order valence-electron chi connectivity index (χ2n) is 4.41. The standard InChI is InChI=1S/C10H19N3O/c11-10(3-1-2-4-10)9(14)13-7-5-12-6-8-13/h12H,1-8,11H2. The fraction of sp³-hybridized carbons (Fsp3) is 0.900. The Labute approximate surface area is 84.8 Å². The zero-order chi connectivity index (χ0) is 10.0. The molecule has 14 heavy (non-hydrogen) atoms. The van der Waals surface area contributed by atoms with Gasteiger partial charge in [-0.15, -0.1) is 0 Å². The average molecular weight is 197 g/mol. The molecule has 1 aliphatic carbocycles. The molecule has 2 rings (SSSR count). The van der Waals surface area contributed by atoms with E-state index in [4.69, 9.17) is 5.73 Å². The SMILES string of the molecule is NC1(C(=O)N2CCNCC2)CCCC1. The van der Waals surface area contributed by atoms with Gasteiger partial charge >= 0.3 is 0 Å². The molecule has 80 valence electrons. The summed E-state index contributed by atoms with van der Waals surface area (Å²) >= 11 is 0. The van der Waals surface area contributed by atoms with Crippen LogP contribution in [0.4, 0.5) is 0 Å². The number of nitrogens with one attached hydrogen (secondary N) is 1. The van der Waals surface area contributed by atoms with Crippen LogP contribution in [0.1, 0.15) is 25.7 Å². The van der Waals surface area contributed by atoms with Gasteiger partial charge in [0, 0.05) is 26.2 Å². The molecular weight excluding hydrogens is 178 g/mol. The van der Waals surface area contributed by atoms with E-state index in [1.165, 1.54) is 0 Å². The Morgan fingerprint density at radius 3 is 2.36 bits per heavy atom. The van der Waals surface area contributed by atoms with Crippen molar-refractivity contribution < 1.29 is 4.79 Å². The Balaban J connectivity index is 1.98. The molecule has 4 nitrogen and oxygen atoms in total. The Morgan fingerprint density at radius 1 is 1.21 bits per heavy atom. The molecule has 1 saturated carbocycles. The maximum Gasteiger partial charge on any atom is 0.242 e. The molecule has 0 spiro atoms. The van der Waals surface area contributed by atoms with E-state index >= 15 is 0 Å². The number of carbonyl (C=O) groups is 1. The van der Waals surface area contributed by atoms with Crippen LogP contribution in [0.2, 0.25) is 0 Å². The van der Waals surface area contributed by atoms with Crippen molar-refractivity contribution in [1.29, 1.82) is 0 Å². The van der Waals surface area contributed by atoms with E-state index in [-0.39, 0.29) is 5.91 Å². The van der Waals surface area contributed by atoms with Crippen molar-refractivity contribution >= 4 is 5.91 Å². The summed E-state index contributed by atoms with van der Waals surface area (Å²) in [6.07, 6.45) is 3.95. The Morgan fingerprint density at radius 2 is 1.79 bits per heavy atom. The van der Waals surface area contributed by atoms with Crippen LogP contribution in [-0.2, 0) is 4.79 Å². The molecule has 1 saturated heterocycles. The van der Waals surface area contributed by atoms with Crippen LogP contribution in [0.25, 0.3) is 0 Å². The van der Waals surface area contributed by atoms with Crippen LogP contribution in [-0.4, -0.2) is 42.5 Å². The number of nitrogens with two attached hydrogens (primary N) is 1. The van der Waals surface area contributed by atoms with Crippen molar-refractivity contribution in [2.45, 2.75) is 31.2 Å². The molecular formula is C10H19N3O. The topological polar surface area (TPSA) is 58.4 Å². The van der Waals surface area contributed by atoms with Gasteiger partial charge in [-0.1, -0.05) is 12.8 Å². The van der Waals surface area contributed by atoms with E-state index < -0.39 is 5.54 Å². The first-order valence-electron chi connectivity index (χ1n) is 5.51. The van der Waals surface area contributed by atoms with Gasteiger partial charge in [-0.05, 0) is 12.8 Å². The van der Waals surface area contributed by atoms with Crippen molar-refractivity contribution in [2.24, 2.45) is 5.73 Å². The largest absolute Gasteiger partial charge is 0.339 e. The third-order valence-corrected chi connectivity index (χ3v) is 3.33. The number of carbonyl (C=O) groups excluding carboxylic acids is 1. The Hall–Kier alpha value is -0.610. The summed E-state index contributed by atoms with van der Waals surface area (Å²) in [7, 11) is 0. The van der Waals surface area contributed by atoms with Gasteiger partial charge in [-0.3, -0.25) is 4.79 Å². The van der Waals surface area contributed by atoms with Crippen LogP contribution < -0.4 is 11.1 Å². The second-order valence-corrected chi connectivity index (χ2v) is 4.41. The summed E-state index contributed by atoms with van der Waals surface area (Å²) in [5.41, 5.74) is 5.59. The molecule has 0 bridgehead atoms. The minimum atomic E-state index is -0.530. The van der Waals surface area contributed by atoms with Crippen molar-refractivity contribution in [3.8, 4) is 0 Å². The van der Waals surface area contributed by atoms with Crippen LogP contribution in [0, 0.1) is 0 Å². The average Bonchev–Trinajstić information content (AvgIpc) is 2.67. The lowest BCUT2D eigenvalue weighted by Gasteiger charge is -2.34. The fourth-order valence-corrected chi connectivity index (χ4v) is 2.40. The van der Waals surface area contributed by atoms with Gasteiger partial charge in [0.1, 0.15) is 0 Å². The lowest BCUT2D eigenvalue weighted by Crippen LogP contribution is -2.57. The van der Waals surface area contributed by atoms with E-state index in [2.05, 4.69) is 5.32 Å². The first-order valence-corrected chi connectivity index (χ1v) is 5.51. The maximum absolute atomic E-state index is 12.1. The zero-order valence-electron chi connectivity index (χ0n) is 8.59. The quantitative estimate of drug-likeness (QED) is 0.606. The highest BCUT2D eigenvalue weighted by molar-refractivity contribution is 5.86. The first kappa shape index (κ1) is 9.93. The van der Waals surface area contributed by atoms with Crippen LogP contribution in [0.3, 0.4) is 0 Å². The minimum absolute atomic E-state index is 0.177. The summed E-state index contributed by atoms with van der Waals surface area (Å²) in [6, 6.07) is 0. The number of nitrogens with zero attached hydrogens (tertiary/aromatic N) is 1. The number of hydrogen-bond donors (Lipinski definition) is 2. The molecule has 0 aromatic rings. The summed E-state index contributed by atoms with van der Waals surface area (Å²) in [6.45, 7) is 3.44. The van der Waals surface area contributed by atoms with E-state index in [1.54, 1.807) is 0 Å². The number of amides is 1. The second kappa shape index (κ2) is 3.87. The lowest BCUT2D eigenvalue weighted by molar-refractivity contribution is -0.137. The molecule has 1 aliphatic heterocycles. The molecule has 0 aromatic heterocycles. The summed E-state index contributed by atoms with van der Waals surface area (Å²) in [4.78, 5) is 14.0. The third kappa shape index (κ3) is 1.77. The van der Waals surface area contributed by atoms with E-state index in [0.717, 1.165) is 51.9 Å². The molecule has 2 aliphatic rings. The lowest BCUT2D eigenvalue weighted by atomic mass is 9.97. The van der Waals surface area contributed by atoms with E-state index in [9.17, 15) is 4.79 Å². The number of piperazine rings is 1. The smallest absolute Gasteiger partial charge is 0.242 e. The third-order valence-electron chi connectivity index (χ3n) is 3.33. The summed E-state index contributed by atoms with van der Waals surface area (Å²) in [5, 5.41) is 3.24. The van der Waals surface area contributed by atoms with Crippen LogP contribution in [0.15, 0.2) is 0 Å². The van der Waals surface area contributed by atoms with E-state index in [1.807, 2.05) is 4.90 Å². The predicted molar refractivity (Wildman–Crippen MR) is 54.8 cm³/mol. The van der Waals surface area contributed by atoms with Gasteiger partial charge in [0.2, 0.25) is 5.91 Å². The van der Waals surface area contributed by atoms with Gasteiger partial charge in [0.25, 0.3) is 0 Å². The first-order chi connectivity index (χ1) is 6.72. The molecule has 0 aromatic carbocycles. The summed E-state index contributed by atoms with van der Waals surface area (Å²) in [5.74, 6) is 0.177. The molecule has 1 heterocycles. The van der Waals surface area contributed by atoms with Crippen molar-refractivity contribution in [1.82, 2.24) is 10.2 Å². The summed E-state index contributed by atoms with van der Waals surface area (Å²) < 4.78 is 0. The highest BCUT2D eigenvalue weighted by Crippen LogP contribution is 2.28. The van der Waals surface area contributed by atoms with E-state index in [0.29, 0.717) is 0 Å². The van der Waals surface area contributed by atoms with Gasteiger partial charge in [-0.2, -0.15) is 0 Å². The minimum Gasteiger partial charge on any atom is -0.339 e. The van der Waals surface area contributed by atoms with Crippen molar-refractivity contribution in [3.63, 3.8) is 0 Å². The predicted octanol–water partition coefficient (Wildman–Crippen LogP) is -0.310. The van der Waals surface area contributed by atoms with Gasteiger partial charge in [-0.25, -0.2) is 0 Å². The van der Waals surface area contributed by atoms with Gasteiger partial charge in [0.15, 0.2) is 0 Å². The Kier molecular flexibility index (Phi) is 2.74. The van der Waals surface area contributed by atoms with Crippen molar-refractivity contribution in [3.05, 3.63) is 0 Å². The highest BCUT2D eigenvalue weighted by Gasteiger charge is 2.39. The molecule has 3 N–H and O–H groups in total.